The molecule has 0 saturated carbocycles. The Balaban J connectivity index is 1.18. The van der Waals surface area contributed by atoms with E-state index in [-0.39, 0.29) is 73.1 Å². The van der Waals surface area contributed by atoms with Gasteiger partial charge in [0.05, 0.1) is 13.2 Å². The van der Waals surface area contributed by atoms with E-state index in [9.17, 15) is 35.4 Å². The second kappa shape index (κ2) is 21.9. The van der Waals surface area contributed by atoms with Gasteiger partial charge in [0.15, 0.2) is 17.8 Å². The Hall–Kier alpha value is -5.77. The van der Waals surface area contributed by atoms with Crippen LogP contribution in [0.2, 0.25) is 0 Å². The summed E-state index contributed by atoms with van der Waals surface area (Å²) < 4.78 is 18.4. The van der Waals surface area contributed by atoms with Crippen LogP contribution in [0.25, 0.3) is 16.8 Å². The minimum absolute atomic E-state index is 0.00208. The number of ketones is 1. The number of aromatic hydroxyl groups is 1. The van der Waals surface area contributed by atoms with Gasteiger partial charge < -0.3 is 50.2 Å². The summed E-state index contributed by atoms with van der Waals surface area (Å²) in [6, 6.07) is 17.3. The molecule has 2 heterocycles. The number of aliphatic hydroxyl groups is 5. The minimum atomic E-state index is -1.83. The first-order chi connectivity index (χ1) is 31.4. The Morgan fingerprint density at radius 2 is 1.80 bits per heavy atom. The van der Waals surface area contributed by atoms with Gasteiger partial charge >= 0.3 is 0 Å². The van der Waals surface area contributed by atoms with E-state index in [0.29, 0.717) is 60.2 Å². The predicted molar refractivity (Wildman–Crippen MR) is 253 cm³/mol. The van der Waals surface area contributed by atoms with Crippen molar-refractivity contribution in [3.63, 3.8) is 0 Å². The number of allylic oxidation sites excluding steroid dienone is 4. The third-order valence-corrected chi connectivity index (χ3v) is 12.9. The van der Waals surface area contributed by atoms with E-state index in [2.05, 4.69) is 35.6 Å². The normalized spacial score (nSPS) is 20.2. The number of aliphatic hydroxyl groups excluding tert-OH is 4. The van der Waals surface area contributed by atoms with Crippen molar-refractivity contribution in [3.8, 4) is 29.3 Å². The monoisotopic (exact) mass is 885 g/mol. The quantitative estimate of drug-likeness (QED) is 0.0344. The predicted octanol–water partition coefficient (Wildman–Crippen LogP) is 9.02. The first kappa shape index (κ1) is 47.2. The molecule has 5 atom stereocenters. The number of unbranched alkanes of at least 4 members (excludes halogenated alkanes) is 1. The van der Waals surface area contributed by atoms with Gasteiger partial charge in [-0.25, -0.2) is 0 Å². The maximum atomic E-state index is 13.8. The number of benzene rings is 4. The van der Waals surface area contributed by atoms with Gasteiger partial charge in [-0.3, -0.25) is 4.79 Å². The molecular formula is C54H63NO10. The highest BCUT2D eigenvalue weighted by molar-refractivity contribution is 6.01. The Labute approximate surface area is 382 Å². The van der Waals surface area contributed by atoms with Gasteiger partial charge in [-0.1, -0.05) is 55.7 Å². The van der Waals surface area contributed by atoms with Crippen LogP contribution in [-0.4, -0.2) is 68.9 Å². The number of Topliss-reactive ketones (excluding diaryl/α,β-unsaturated/α-hetero) is 1. The van der Waals surface area contributed by atoms with Crippen molar-refractivity contribution in [3.05, 3.63) is 123 Å². The lowest BCUT2D eigenvalue weighted by atomic mass is 9.77. The first-order valence-corrected chi connectivity index (χ1v) is 23.0. The fourth-order valence-corrected chi connectivity index (χ4v) is 9.46. The van der Waals surface area contributed by atoms with Gasteiger partial charge in [-0.2, -0.15) is 0 Å². The van der Waals surface area contributed by atoms with Crippen LogP contribution in [0.15, 0.2) is 84.2 Å². The van der Waals surface area contributed by atoms with Crippen LogP contribution in [0.3, 0.4) is 0 Å². The van der Waals surface area contributed by atoms with E-state index in [4.69, 9.17) is 14.2 Å². The molecule has 8 rings (SSSR count). The fraction of sp³-hybridized carbons (Fsp3) is 0.426. The number of anilines is 1. The third-order valence-electron chi connectivity index (χ3n) is 12.9. The molecule has 6 bridgehead atoms. The summed E-state index contributed by atoms with van der Waals surface area (Å²) >= 11 is 0. The molecule has 0 radical (unpaired) electrons. The van der Waals surface area contributed by atoms with Gasteiger partial charge in [0.1, 0.15) is 36.1 Å². The van der Waals surface area contributed by atoms with Crippen molar-refractivity contribution in [2.24, 2.45) is 11.8 Å². The number of methoxy groups -OCH3 is 1. The topological polar surface area (TPSA) is 178 Å². The van der Waals surface area contributed by atoms with Gasteiger partial charge in [0.25, 0.3) is 0 Å². The molecule has 0 unspecified atom stereocenters. The van der Waals surface area contributed by atoms with Crippen LogP contribution in [0.5, 0.6) is 17.2 Å². The number of carbonyl (C=O) groups excluding carboxylic acids is 1. The first-order valence-electron chi connectivity index (χ1n) is 23.0. The van der Waals surface area contributed by atoms with Crippen molar-refractivity contribution in [2.45, 2.75) is 115 Å². The third kappa shape index (κ3) is 11.7. The second-order valence-electron chi connectivity index (χ2n) is 17.8. The van der Waals surface area contributed by atoms with E-state index in [1.165, 1.54) is 5.56 Å². The van der Waals surface area contributed by atoms with E-state index >= 15 is 0 Å². The number of rotatable bonds is 15. The average molecular weight is 886 g/mol. The number of hydrogen-bond acceptors (Lipinski definition) is 11. The van der Waals surface area contributed by atoms with Gasteiger partial charge in [0, 0.05) is 60.7 Å². The van der Waals surface area contributed by atoms with E-state index in [1.807, 2.05) is 49.4 Å². The van der Waals surface area contributed by atoms with Crippen molar-refractivity contribution < 1.29 is 49.6 Å². The molecule has 344 valence electrons. The highest BCUT2D eigenvalue weighted by Crippen LogP contribution is 2.44. The summed E-state index contributed by atoms with van der Waals surface area (Å²) in [7, 11) is 1.56. The summed E-state index contributed by atoms with van der Waals surface area (Å²) in [6.45, 7) is 4.29. The zero-order chi connectivity index (χ0) is 46.0. The van der Waals surface area contributed by atoms with Crippen LogP contribution in [0.4, 0.5) is 5.69 Å². The molecule has 65 heavy (non-hydrogen) atoms. The van der Waals surface area contributed by atoms with E-state index in [1.54, 1.807) is 32.2 Å². The molecule has 0 spiro atoms. The zero-order valence-corrected chi connectivity index (χ0v) is 37.7. The summed E-state index contributed by atoms with van der Waals surface area (Å²) in [4.78, 5) is 13.8. The highest BCUT2D eigenvalue weighted by Gasteiger charge is 2.30. The molecule has 2 aliphatic carbocycles. The van der Waals surface area contributed by atoms with E-state index < -0.39 is 18.5 Å². The van der Waals surface area contributed by atoms with Gasteiger partial charge in [-0.15, -0.1) is 0 Å². The lowest BCUT2D eigenvalue weighted by Gasteiger charge is -2.30. The molecule has 0 aromatic heterocycles. The number of ether oxygens (including phenoxy) is 3. The number of hydrogen-bond donors (Lipinski definition) is 7. The van der Waals surface area contributed by atoms with E-state index in [0.717, 1.165) is 59.0 Å². The van der Waals surface area contributed by atoms with Crippen LogP contribution in [0, 0.1) is 23.9 Å². The molecule has 2 aliphatic heterocycles. The number of phenolic OH excluding ortho intramolecular Hbond substituents is 1. The molecule has 0 fully saturated rings. The standard InChI is InChI=1S/C54H63NO10/c1-33-15-19-44-48-32-65-52-24-36(17-20-51(52)63-3)16-18-41(58)28-42(64-22-8-14-43-46(29-47(48)54(61)62)53(44)45(33)30-50(43)60)26-39-27-49(59)38(12-7-21-56)25-37(39)11-5-4-9-35-10-6-13-40(23-35)55-31-34(2)57/h6,10,13,15,17,19-20,23-25,27,29-30,33-34,37,39,42,54-57,59-62H,4-5,7,9,11-12,14,16,18,21,26,28,31-32H2,1-3H3/t33-,34+,37-,39-,42+/m1/s1. The Morgan fingerprint density at radius 3 is 2.58 bits per heavy atom. The minimum Gasteiger partial charge on any atom is -0.508 e. The van der Waals surface area contributed by atoms with Gasteiger partial charge in [0.2, 0.25) is 0 Å². The number of aryl methyl sites for hydroxylation is 2. The van der Waals surface area contributed by atoms with Crippen molar-refractivity contribution >= 4 is 28.3 Å². The zero-order valence-electron chi connectivity index (χ0n) is 37.7. The van der Waals surface area contributed by atoms with Crippen molar-refractivity contribution in [1.82, 2.24) is 0 Å². The van der Waals surface area contributed by atoms with Crippen LogP contribution in [-0.2, 0) is 35.4 Å². The molecule has 4 aliphatic rings. The van der Waals surface area contributed by atoms with Gasteiger partial charge in [-0.05, 0) is 145 Å². The smallest absolute Gasteiger partial charge is 0.178 e. The molecular weight excluding hydrogens is 823 g/mol. The Morgan fingerprint density at radius 1 is 0.954 bits per heavy atom. The molecule has 7 N–H and O–H groups in total. The van der Waals surface area contributed by atoms with Crippen molar-refractivity contribution in [1.29, 1.82) is 0 Å². The molecule has 11 nitrogen and oxygen atoms in total. The average Bonchev–Trinajstić information content (AvgIpc) is 3.28. The van der Waals surface area contributed by atoms with Crippen LogP contribution in [0.1, 0.15) is 116 Å². The number of fused-ring (bicyclic) bond motifs is 9. The lowest BCUT2D eigenvalue weighted by molar-refractivity contribution is -0.121. The Kier molecular flexibility index (Phi) is 15.9. The summed E-state index contributed by atoms with van der Waals surface area (Å²) in [5.41, 5.74) is 6.88. The maximum absolute atomic E-state index is 13.8. The largest absolute Gasteiger partial charge is 0.508 e. The summed E-state index contributed by atoms with van der Waals surface area (Å²) in [5, 5.41) is 68.3. The highest BCUT2D eigenvalue weighted by atomic mass is 16.5. The second-order valence-corrected chi connectivity index (χ2v) is 17.8. The number of nitrogens with one attached hydrogen (secondary N) is 1. The SMILES string of the molecule is COc1ccc2cc1OCc1c(C(O)O)cc3c(c(O)cc4c3c1C=C[C@H]4C)CC#CO[C@@H](C[C@@H]1C=C(O)C(CCCO)=C[C@H]1CCCCc1cccc(NC[C@H](C)O)c1)CC(=O)CC2. The number of phenols is 1. The van der Waals surface area contributed by atoms with Crippen LogP contribution >= 0.6 is 0 Å². The summed E-state index contributed by atoms with van der Waals surface area (Å²) in [5.74, 6) is 4.15. The molecule has 0 amide bonds. The fourth-order valence-electron chi connectivity index (χ4n) is 9.46. The maximum Gasteiger partial charge on any atom is 0.178 e. The summed E-state index contributed by atoms with van der Waals surface area (Å²) in [6.07, 6.45) is 14.0. The molecule has 0 saturated heterocycles. The van der Waals surface area contributed by atoms with Crippen molar-refractivity contribution in [2.75, 3.05) is 25.6 Å². The molecule has 11 heteroatoms. The van der Waals surface area contributed by atoms with Crippen LogP contribution < -0.4 is 14.8 Å². The number of carbonyl (C=O) groups is 1. The Bertz CT molecular complexity index is 2490. The lowest BCUT2D eigenvalue weighted by Crippen LogP contribution is -2.25. The molecule has 4 aromatic carbocycles. The molecule has 4 aromatic rings.